The molecule has 2 aromatic heterocycles. The highest BCUT2D eigenvalue weighted by Gasteiger charge is 2.45. The van der Waals surface area contributed by atoms with Gasteiger partial charge in [0.05, 0.1) is 37.2 Å². The Balaban J connectivity index is 1.36. The van der Waals surface area contributed by atoms with Crippen LogP contribution in [0.1, 0.15) is 35.3 Å². The van der Waals surface area contributed by atoms with Gasteiger partial charge < -0.3 is 14.4 Å². The van der Waals surface area contributed by atoms with Gasteiger partial charge in [-0.1, -0.05) is 6.07 Å². The summed E-state index contributed by atoms with van der Waals surface area (Å²) in [6, 6.07) is 9.34. The highest BCUT2D eigenvalue weighted by molar-refractivity contribution is 5.94. The number of carbonyl (C=O) groups is 1. The average molecular weight is 353 g/mol. The number of hydrogen-bond acceptors (Lipinski definition) is 5. The Bertz CT molecular complexity index is 740. The van der Waals surface area contributed by atoms with Gasteiger partial charge in [-0.2, -0.15) is 0 Å². The number of piperidine rings is 1. The van der Waals surface area contributed by atoms with E-state index in [1.54, 1.807) is 30.7 Å². The molecule has 2 aliphatic heterocycles. The van der Waals surface area contributed by atoms with Gasteiger partial charge in [0.2, 0.25) is 0 Å². The molecule has 2 aromatic rings. The van der Waals surface area contributed by atoms with Crippen molar-refractivity contribution in [3.63, 3.8) is 0 Å². The molecule has 26 heavy (non-hydrogen) atoms. The first-order valence-corrected chi connectivity index (χ1v) is 9.09. The molecule has 0 unspecified atom stereocenters. The van der Waals surface area contributed by atoms with E-state index in [4.69, 9.17) is 9.47 Å². The summed E-state index contributed by atoms with van der Waals surface area (Å²) in [4.78, 5) is 22.9. The smallest absolute Gasteiger partial charge is 0.254 e. The summed E-state index contributed by atoms with van der Waals surface area (Å²) in [6.07, 6.45) is 7.86. The highest BCUT2D eigenvalue weighted by Crippen LogP contribution is 2.36. The summed E-state index contributed by atoms with van der Waals surface area (Å²) in [7, 11) is 0. The zero-order valence-electron chi connectivity index (χ0n) is 14.7. The number of ether oxygens (including phenoxy) is 2. The maximum absolute atomic E-state index is 12.7. The third kappa shape index (κ3) is 3.76. The normalized spacial score (nSPS) is 25.5. The van der Waals surface area contributed by atoms with Gasteiger partial charge in [-0.05, 0) is 37.1 Å². The van der Waals surface area contributed by atoms with Gasteiger partial charge in [-0.3, -0.25) is 14.8 Å². The molecule has 6 heteroatoms. The molecule has 0 aromatic carbocycles. The van der Waals surface area contributed by atoms with Crippen molar-refractivity contribution >= 4 is 5.91 Å². The van der Waals surface area contributed by atoms with Crippen molar-refractivity contribution in [3.05, 3.63) is 60.2 Å². The summed E-state index contributed by atoms with van der Waals surface area (Å²) in [5.74, 6) is 0.0490. The van der Waals surface area contributed by atoms with E-state index in [-0.39, 0.29) is 17.6 Å². The van der Waals surface area contributed by atoms with Crippen LogP contribution < -0.4 is 0 Å². The van der Waals surface area contributed by atoms with Crippen LogP contribution in [0.25, 0.3) is 0 Å². The standard InChI is InChI=1S/C20H23N3O3/c24-19(16-5-9-21-10-6-16)23-11-3-7-20(15-23)12-18(14-26-20)25-13-17-4-1-2-8-22-17/h1-2,4-6,8-10,18H,3,7,11-15H2/t18-,20+/m1/s1. The van der Waals surface area contributed by atoms with Crippen molar-refractivity contribution in [2.24, 2.45) is 0 Å². The van der Waals surface area contributed by atoms with E-state index >= 15 is 0 Å². The summed E-state index contributed by atoms with van der Waals surface area (Å²) >= 11 is 0. The van der Waals surface area contributed by atoms with Gasteiger partial charge in [0.1, 0.15) is 0 Å². The molecule has 4 heterocycles. The number of hydrogen-bond donors (Lipinski definition) is 0. The second kappa shape index (κ2) is 7.51. The minimum absolute atomic E-state index is 0.0490. The van der Waals surface area contributed by atoms with E-state index in [1.165, 1.54) is 0 Å². The molecule has 0 N–H and O–H groups in total. The molecule has 136 valence electrons. The van der Waals surface area contributed by atoms with Gasteiger partial charge in [-0.25, -0.2) is 0 Å². The number of pyridine rings is 2. The number of aromatic nitrogens is 2. The van der Waals surface area contributed by atoms with Crippen molar-refractivity contribution in [1.29, 1.82) is 0 Å². The zero-order valence-corrected chi connectivity index (χ0v) is 14.7. The first-order chi connectivity index (χ1) is 12.7. The Hall–Kier alpha value is -2.31. The maximum atomic E-state index is 12.7. The van der Waals surface area contributed by atoms with E-state index in [2.05, 4.69) is 9.97 Å². The summed E-state index contributed by atoms with van der Waals surface area (Å²) in [5.41, 5.74) is 1.32. The Labute approximate surface area is 153 Å². The number of carbonyl (C=O) groups excluding carboxylic acids is 1. The minimum Gasteiger partial charge on any atom is -0.370 e. The Morgan fingerprint density at radius 3 is 2.96 bits per heavy atom. The number of likely N-dealkylation sites (tertiary alicyclic amines) is 1. The van der Waals surface area contributed by atoms with Crippen LogP contribution >= 0.6 is 0 Å². The Morgan fingerprint density at radius 1 is 1.27 bits per heavy atom. The monoisotopic (exact) mass is 353 g/mol. The lowest BCUT2D eigenvalue weighted by atomic mass is 9.89. The molecule has 0 radical (unpaired) electrons. The summed E-state index contributed by atoms with van der Waals surface area (Å²) < 4.78 is 12.1. The van der Waals surface area contributed by atoms with Crippen LogP contribution in [0.4, 0.5) is 0 Å². The van der Waals surface area contributed by atoms with Gasteiger partial charge in [0, 0.05) is 37.1 Å². The fourth-order valence-electron chi connectivity index (χ4n) is 3.83. The van der Waals surface area contributed by atoms with E-state index in [9.17, 15) is 4.79 Å². The lowest BCUT2D eigenvalue weighted by molar-refractivity contribution is -0.0466. The van der Waals surface area contributed by atoms with Crippen LogP contribution in [0.15, 0.2) is 48.9 Å². The van der Waals surface area contributed by atoms with Crippen molar-refractivity contribution < 1.29 is 14.3 Å². The second-order valence-corrected chi connectivity index (χ2v) is 7.02. The van der Waals surface area contributed by atoms with Crippen molar-refractivity contribution in [2.45, 2.75) is 37.6 Å². The number of nitrogens with zero attached hydrogens (tertiary/aromatic N) is 3. The average Bonchev–Trinajstić information content (AvgIpc) is 3.09. The van der Waals surface area contributed by atoms with E-state index in [0.717, 1.165) is 31.5 Å². The van der Waals surface area contributed by atoms with Gasteiger partial charge in [0.25, 0.3) is 5.91 Å². The maximum Gasteiger partial charge on any atom is 0.254 e. The van der Waals surface area contributed by atoms with Crippen molar-refractivity contribution in [1.82, 2.24) is 14.9 Å². The third-order valence-corrected chi connectivity index (χ3v) is 5.12. The molecule has 0 aliphatic carbocycles. The van der Waals surface area contributed by atoms with Crippen molar-refractivity contribution in [2.75, 3.05) is 19.7 Å². The quantitative estimate of drug-likeness (QED) is 0.845. The predicted octanol–water partition coefficient (Wildman–Crippen LogP) is 2.46. The molecular formula is C20H23N3O3. The van der Waals surface area contributed by atoms with Crippen LogP contribution in [0.3, 0.4) is 0 Å². The molecular weight excluding hydrogens is 330 g/mol. The van der Waals surface area contributed by atoms with Crippen LogP contribution in [0, 0.1) is 0 Å². The molecule has 2 atom stereocenters. The van der Waals surface area contributed by atoms with Gasteiger partial charge in [-0.15, -0.1) is 0 Å². The molecule has 2 fully saturated rings. The summed E-state index contributed by atoms with van der Waals surface area (Å²) in [6.45, 7) is 2.46. The third-order valence-electron chi connectivity index (χ3n) is 5.12. The number of amides is 1. The van der Waals surface area contributed by atoms with Crippen LogP contribution in [-0.2, 0) is 16.1 Å². The lowest BCUT2D eigenvalue weighted by Gasteiger charge is -2.39. The molecule has 2 saturated heterocycles. The van der Waals surface area contributed by atoms with E-state index in [0.29, 0.717) is 25.3 Å². The molecule has 0 saturated carbocycles. The van der Waals surface area contributed by atoms with Crippen LogP contribution in [0.2, 0.25) is 0 Å². The SMILES string of the molecule is O=C(c1ccncc1)N1CCC[C@]2(C[C@@H](OCc3ccccn3)CO2)C1. The molecule has 0 bridgehead atoms. The zero-order chi connectivity index (χ0) is 17.8. The van der Waals surface area contributed by atoms with Crippen LogP contribution in [-0.4, -0.2) is 52.2 Å². The molecule has 1 amide bonds. The Morgan fingerprint density at radius 2 is 2.15 bits per heavy atom. The van der Waals surface area contributed by atoms with Gasteiger partial charge >= 0.3 is 0 Å². The molecule has 4 rings (SSSR count). The molecule has 2 aliphatic rings. The number of rotatable bonds is 4. The fraction of sp³-hybridized carbons (Fsp3) is 0.450. The predicted molar refractivity (Wildman–Crippen MR) is 95.5 cm³/mol. The summed E-state index contributed by atoms with van der Waals surface area (Å²) in [5, 5.41) is 0. The lowest BCUT2D eigenvalue weighted by Crippen LogP contribution is -2.50. The molecule has 6 nitrogen and oxygen atoms in total. The van der Waals surface area contributed by atoms with Crippen molar-refractivity contribution in [3.8, 4) is 0 Å². The Kier molecular flexibility index (Phi) is 4.95. The van der Waals surface area contributed by atoms with Gasteiger partial charge in [0.15, 0.2) is 0 Å². The fourth-order valence-corrected chi connectivity index (χ4v) is 3.83. The van der Waals surface area contributed by atoms with Crippen LogP contribution in [0.5, 0.6) is 0 Å². The first kappa shape index (κ1) is 17.1. The second-order valence-electron chi connectivity index (χ2n) is 7.02. The first-order valence-electron chi connectivity index (χ1n) is 9.09. The minimum atomic E-state index is -0.282. The largest absolute Gasteiger partial charge is 0.370 e. The van der Waals surface area contributed by atoms with E-state index in [1.807, 2.05) is 23.1 Å². The van der Waals surface area contributed by atoms with E-state index < -0.39 is 0 Å². The molecule has 1 spiro atoms. The topological polar surface area (TPSA) is 64.6 Å². The highest BCUT2D eigenvalue weighted by atomic mass is 16.6.